The largest absolute Gasteiger partial charge is 0.573 e. The summed E-state index contributed by atoms with van der Waals surface area (Å²) in [4.78, 5) is 12.9. The number of hydrogen-bond donors (Lipinski definition) is 3. The van der Waals surface area contributed by atoms with Gasteiger partial charge >= 0.3 is 12.4 Å². The van der Waals surface area contributed by atoms with Crippen molar-refractivity contribution < 1.29 is 32.2 Å². The van der Waals surface area contributed by atoms with E-state index in [0.717, 1.165) is 13.1 Å². The number of rotatable bonds is 10. The molecule has 0 radical (unpaired) electrons. The van der Waals surface area contributed by atoms with Crippen molar-refractivity contribution in [2.75, 3.05) is 32.1 Å². The fraction of sp³-hybridized carbons (Fsp3) is 0.360. The number of para-hydroxylation sites is 1. The summed E-state index contributed by atoms with van der Waals surface area (Å²) < 4.78 is 55.3. The van der Waals surface area contributed by atoms with Gasteiger partial charge in [-0.1, -0.05) is 24.3 Å². The lowest BCUT2D eigenvalue weighted by Gasteiger charge is -2.26. The lowest BCUT2D eigenvalue weighted by Crippen LogP contribution is -2.45. The second-order valence-corrected chi connectivity index (χ2v) is 8.59. The fourth-order valence-electron chi connectivity index (χ4n) is 3.76. The van der Waals surface area contributed by atoms with Gasteiger partial charge in [0, 0.05) is 38.2 Å². The molecule has 2 aromatic carbocycles. The summed E-state index contributed by atoms with van der Waals surface area (Å²) in [5.41, 5.74) is 2.10. The summed E-state index contributed by atoms with van der Waals surface area (Å²) in [6.07, 6.45) is -4.87. The third-order valence-corrected chi connectivity index (χ3v) is 5.73. The lowest BCUT2D eigenvalue weighted by atomic mass is 10.1. The molecule has 3 N–H and O–H groups in total. The molecule has 2 amide bonds. The number of carbonyl (C=O) groups excluding carboxylic acids is 1. The molecule has 198 valence electrons. The zero-order valence-electron chi connectivity index (χ0n) is 20.4. The quantitative estimate of drug-likeness (QED) is 0.372. The molecule has 4 rings (SSSR count). The van der Waals surface area contributed by atoms with Crippen LogP contribution in [0.15, 0.2) is 48.5 Å². The Morgan fingerprint density at radius 2 is 1.95 bits per heavy atom. The van der Waals surface area contributed by atoms with E-state index in [2.05, 4.69) is 25.8 Å². The molecule has 2 heterocycles. The molecule has 1 fully saturated rings. The van der Waals surface area contributed by atoms with Crippen LogP contribution < -0.4 is 25.4 Å². The Labute approximate surface area is 211 Å². The molecule has 12 heteroatoms. The molecule has 3 aromatic rings. The van der Waals surface area contributed by atoms with Crippen LogP contribution in [-0.4, -0.2) is 49.0 Å². The van der Waals surface area contributed by atoms with E-state index in [9.17, 15) is 18.0 Å². The molecule has 1 aliphatic heterocycles. The van der Waals surface area contributed by atoms with Crippen LogP contribution >= 0.6 is 0 Å². The van der Waals surface area contributed by atoms with Crippen molar-refractivity contribution in [3.8, 4) is 17.3 Å². The summed E-state index contributed by atoms with van der Waals surface area (Å²) in [5, 5.41) is 13.1. The third kappa shape index (κ3) is 6.92. The number of anilines is 1. The minimum absolute atomic E-state index is 0.147. The molecule has 9 nitrogen and oxygen atoms in total. The second kappa shape index (κ2) is 11.5. The Morgan fingerprint density at radius 1 is 1.19 bits per heavy atom. The number of amides is 2. The topological polar surface area (TPSA) is 98.7 Å². The fourth-order valence-corrected chi connectivity index (χ4v) is 3.76. The minimum atomic E-state index is -4.87. The van der Waals surface area contributed by atoms with Crippen LogP contribution in [0.25, 0.3) is 5.69 Å². The predicted molar refractivity (Wildman–Crippen MR) is 130 cm³/mol. The van der Waals surface area contributed by atoms with Crippen molar-refractivity contribution in [2.24, 2.45) is 5.92 Å². The molecule has 0 aliphatic carbocycles. The Hall–Kier alpha value is -3.77. The van der Waals surface area contributed by atoms with Gasteiger partial charge in [0.25, 0.3) is 0 Å². The van der Waals surface area contributed by atoms with Gasteiger partial charge in [0.05, 0.1) is 24.5 Å². The highest BCUT2D eigenvalue weighted by Gasteiger charge is 2.32. The summed E-state index contributed by atoms with van der Waals surface area (Å²) in [6.45, 7) is 3.99. The first kappa shape index (κ1) is 26.3. The van der Waals surface area contributed by atoms with Gasteiger partial charge in [-0.15, -0.1) is 18.3 Å². The summed E-state index contributed by atoms with van der Waals surface area (Å²) in [7, 11) is 1.48. The number of alkyl halides is 3. The van der Waals surface area contributed by atoms with Gasteiger partial charge in [0.2, 0.25) is 5.88 Å². The van der Waals surface area contributed by atoms with Gasteiger partial charge in [-0.05, 0) is 36.8 Å². The molecule has 37 heavy (non-hydrogen) atoms. The van der Waals surface area contributed by atoms with Crippen LogP contribution in [0.2, 0.25) is 0 Å². The van der Waals surface area contributed by atoms with Crippen LogP contribution in [0.3, 0.4) is 0 Å². The Kier molecular flexibility index (Phi) is 8.19. The zero-order valence-corrected chi connectivity index (χ0v) is 20.4. The number of benzene rings is 2. The normalized spacial score (nSPS) is 13.6. The molecular weight excluding hydrogens is 491 g/mol. The number of aromatic nitrogens is 2. The van der Waals surface area contributed by atoms with Crippen LogP contribution in [0.5, 0.6) is 11.6 Å². The van der Waals surface area contributed by atoms with Crippen molar-refractivity contribution >= 4 is 11.8 Å². The Balaban J connectivity index is 1.51. The van der Waals surface area contributed by atoms with Crippen molar-refractivity contribution in [1.29, 1.82) is 0 Å². The maximum Gasteiger partial charge on any atom is 0.573 e. The smallest absolute Gasteiger partial charge is 0.476 e. The van der Waals surface area contributed by atoms with E-state index >= 15 is 0 Å². The number of carbonyl (C=O) groups is 1. The number of nitrogens with zero attached hydrogens (tertiary/aromatic N) is 2. The Bertz CT molecular complexity index is 1210. The van der Waals surface area contributed by atoms with Gasteiger partial charge in [-0.2, -0.15) is 0 Å². The monoisotopic (exact) mass is 519 g/mol. The van der Waals surface area contributed by atoms with Gasteiger partial charge in [0.1, 0.15) is 11.6 Å². The lowest BCUT2D eigenvalue weighted by molar-refractivity contribution is -0.274. The molecule has 0 atom stereocenters. The summed E-state index contributed by atoms with van der Waals surface area (Å²) >= 11 is 0. The molecule has 0 saturated carbocycles. The third-order valence-electron chi connectivity index (χ3n) is 5.73. The first-order valence-corrected chi connectivity index (χ1v) is 11.6. The van der Waals surface area contributed by atoms with E-state index < -0.39 is 18.1 Å². The molecular formula is C25H28F3N5O4. The predicted octanol–water partition coefficient (Wildman–Crippen LogP) is 4.15. The van der Waals surface area contributed by atoms with Crippen LogP contribution in [0.4, 0.5) is 23.8 Å². The summed E-state index contributed by atoms with van der Waals surface area (Å²) in [6, 6.07) is 12.7. The average molecular weight is 520 g/mol. The first-order chi connectivity index (χ1) is 17.7. The molecule has 1 aromatic heterocycles. The van der Waals surface area contributed by atoms with Crippen molar-refractivity contribution in [3.63, 3.8) is 0 Å². The van der Waals surface area contributed by atoms with Gasteiger partial charge < -0.3 is 24.8 Å². The molecule has 1 saturated heterocycles. The first-order valence-electron chi connectivity index (χ1n) is 11.6. The Morgan fingerprint density at radius 3 is 2.59 bits per heavy atom. The SMILES string of the molecule is COCc1ccc(OC(F)(F)F)c(CNC(=O)Nc2c(C)c(OCC3CNC3)nn2-c2ccccc2)c1. The van der Waals surface area contributed by atoms with Crippen molar-refractivity contribution in [3.05, 3.63) is 65.2 Å². The number of nitrogens with one attached hydrogen (secondary N) is 3. The zero-order chi connectivity index (χ0) is 26.4. The van der Waals surface area contributed by atoms with Crippen molar-refractivity contribution in [1.82, 2.24) is 20.4 Å². The summed E-state index contributed by atoms with van der Waals surface area (Å²) in [5.74, 6) is 0.756. The maximum atomic E-state index is 12.9. The van der Waals surface area contributed by atoms with E-state index in [-0.39, 0.29) is 18.7 Å². The second-order valence-electron chi connectivity index (χ2n) is 8.59. The molecule has 0 spiro atoms. The van der Waals surface area contributed by atoms with Crippen LogP contribution in [0.1, 0.15) is 16.7 Å². The number of urea groups is 1. The van der Waals surface area contributed by atoms with Gasteiger partial charge in [0.15, 0.2) is 0 Å². The number of methoxy groups -OCH3 is 1. The van der Waals surface area contributed by atoms with Gasteiger partial charge in [-0.3, -0.25) is 5.32 Å². The minimum Gasteiger partial charge on any atom is -0.476 e. The number of halogens is 3. The molecule has 0 unspecified atom stereocenters. The standard InChI is InChI=1S/C25H28F3N5O4/c1-16-22(33(20-6-4-3-5-7-20)32-23(16)36-15-18-11-29-12-18)31-24(34)30-13-19-10-17(14-35-2)8-9-21(19)37-25(26,27)28/h3-10,18,29H,11-15H2,1-2H3,(H2,30,31,34). The van der Waals surface area contributed by atoms with Crippen molar-refractivity contribution in [2.45, 2.75) is 26.4 Å². The van der Waals surface area contributed by atoms with E-state index in [0.29, 0.717) is 41.0 Å². The molecule has 0 bridgehead atoms. The highest BCUT2D eigenvalue weighted by Crippen LogP contribution is 2.30. The number of ether oxygens (including phenoxy) is 3. The molecule has 1 aliphatic rings. The van der Waals surface area contributed by atoms with E-state index in [4.69, 9.17) is 9.47 Å². The van der Waals surface area contributed by atoms with Gasteiger partial charge in [-0.25, -0.2) is 9.48 Å². The highest BCUT2D eigenvalue weighted by atomic mass is 19.4. The highest BCUT2D eigenvalue weighted by molar-refractivity contribution is 5.89. The average Bonchev–Trinajstić information content (AvgIpc) is 3.13. The maximum absolute atomic E-state index is 12.9. The van der Waals surface area contributed by atoms with E-state index in [1.54, 1.807) is 11.6 Å². The number of hydrogen-bond acceptors (Lipinski definition) is 6. The van der Waals surface area contributed by atoms with Crippen LogP contribution in [0, 0.1) is 12.8 Å². The van der Waals surface area contributed by atoms with E-state index in [1.165, 1.54) is 25.3 Å². The van der Waals surface area contributed by atoms with E-state index in [1.807, 2.05) is 30.3 Å². The van der Waals surface area contributed by atoms with Crippen LogP contribution in [-0.2, 0) is 17.9 Å².